The molecule has 3 rings (SSSR count). The van der Waals surface area contributed by atoms with Crippen LogP contribution in [0.4, 0.5) is 4.79 Å². The number of hydrogen-bond donors (Lipinski definition) is 2. The number of likely N-dealkylation sites (tertiary alicyclic amines) is 1. The SMILES string of the molecule is O=C(O)C1CCCN(C(=O)NC(Cc2ccccn2)c2ccccc2)C1. The lowest BCUT2D eigenvalue weighted by Gasteiger charge is -2.32. The van der Waals surface area contributed by atoms with Crippen LogP contribution < -0.4 is 5.32 Å². The summed E-state index contributed by atoms with van der Waals surface area (Å²) in [5.41, 5.74) is 1.89. The first-order valence-corrected chi connectivity index (χ1v) is 8.86. The highest BCUT2D eigenvalue weighted by molar-refractivity contribution is 5.77. The molecule has 1 aromatic carbocycles. The van der Waals surface area contributed by atoms with Gasteiger partial charge in [-0.3, -0.25) is 9.78 Å². The number of carbonyl (C=O) groups is 2. The van der Waals surface area contributed by atoms with Crippen molar-refractivity contribution >= 4 is 12.0 Å². The van der Waals surface area contributed by atoms with Crippen LogP contribution in [-0.4, -0.2) is 40.1 Å². The summed E-state index contributed by atoms with van der Waals surface area (Å²) in [6.45, 7) is 0.840. The zero-order valence-electron chi connectivity index (χ0n) is 14.5. The highest BCUT2D eigenvalue weighted by atomic mass is 16.4. The predicted molar refractivity (Wildman–Crippen MR) is 97.6 cm³/mol. The summed E-state index contributed by atoms with van der Waals surface area (Å²) < 4.78 is 0. The number of hydrogen-bond acceptors (Lipinski definition) is 3. The van der Waals surface area contributed by atoms with Crippen LogP contribution in [-0.2, 0) is 11.2 Å². The second-order valence-corrected chi connectivity index (χ2v) is 6.56. The third-order valence-corrected chi connectivity index (χ3v) is 4.70. The first-order chi connectivity index (χ1) is 12.6. The maximum Gasteiger partial charge on any atom is 0.317 e. The number of urea groups is 1. The van der Waals surface area contributed by atoms with Gasteiger partial charge in [0, 0.05) is 31.4 Å². The molecule has 1 saturated heterocycles. The minimum absolute atomic E-state index is 0.219. The number of nitrogens with zero attached hydrogens (tertiary/aromatic N) is 2. The monoisotopic (exact) mass is 353 g/mol. The number of piperidine rings is 1. The van der Waals surface area contributed by atoms with E-state index in [0.29, 0.717) is 25.8 Å². The van der Waals surface area contributed by atoms with Gasteiger partial charge in [0.15, 0.2) is 0 Å². The molecule has 0 saturated carbocycles. The number of pyridine rings is 1. The minimum Gasteiger partial charge on any atom is -0.481 e. The predicted octanol–water partition coefficient (Wildman–Crippen LogP) is 2.87. The fourth-order valence-electron chi connectivity index (χ4n) is 3.27. The fraction of sp³-hybridized carbons (Fsp3) is 0.350. The van der Waals surface area contributed by atoms with Crippen LogP contribution in [0.15, 0.2) is 54.7 Å². The molecule has 1 aliphatic rings. The molecule has 0 bridgehead atoms. The second kappa shape index (κ2) is 8.47. The molecule has 1 fully saturated rings. The topological polar surface area (TPSA) is 82.5 Å². The van der Waals surface area contributed by atoms with Crippen LogP contribution in [0.25, 0.3) is 0 Å². The average Bonchev–Trinajstić information content (AvgIpc) is 2.69. The number of carbonyl (C=O) groups excluding carboxylic acids is 1. The molecule has 136 valence electrons. The Balaban J connectivity index is 1.72. The van der Waals surface area contributed by atoms with Gasteiger partial charge < -0.3 is 15.3 Å². The summed E-state index contributed by atoms with van der Waals surface area (Å²) in [5.74, 6) is -1.32. The van der Waals surface area contributed by atoms with Crippen molar-refractivity contribution in [3.05, 3.63) is 66.0 Å². The summed E-state index contributed by atoms with van der Waals surface area (Å²) in [6, 6.07) is 15.0. The molecule has 2 unspecified atom stereocenters. The molecule has 1 aliphatic heterocycles. The van der Waals surface area contributed by atoms with E-state index in [9.17, 15) is 14.7 Å². The van der Waals surface area contributed by atoms with E-state index in [0.717, 1.165) is 11.3 Å². The number of rotatable bonds is 5. The van der Waals surface area contributed by atoms with Crippen LogP contribution in [0.5, 0.6) is 0 Å². The van der Waals surface area contributed by atoms with Gasteiger partial charge in [-0.1, -0.05) is 36.4 Å². The van der Waals surface area contributed by atoms with Gasteiger partial charge in [-0.05, 0) is 30.5 Å². The molecular formula is C20H23N3O3. The van der Waals surface area contributed by atoms with Crippen molar-refractivity contribution in [2.24, 2.45) is 5.92 Å². The maximum absolute atomic E-state index is 12.7. The van der Waals surface area contributed by atoms with E-state index in [1.54, 1.807) is 11.1 Å². The number of benzene rings is 1. The number of amides is 2. The highest BCUT2D eigenvalue weighted by Crippen LogP contribution is 2.20. The van der Waals surface area contributed by atoms with Crippen molar-refractivity contribution in [2.45, 2.75) is 25.3 Å². The molecule has 6 nitrogen and oxygen atoms in total. The van der Waals surface area contributed by atoms with Crippen molar-refractivity contribution in [3.63, 3.8) is 0 Å². The van der Waals surface area contributed by atoms with E-state index in [-0.39, 0.29) is 18.6 Å². The summed E-state index contributed by atoms with van der Waals surface area (Å²) in [4.78, 5) is 29.9. The van der Waals surface area contributed by atoms with Gasteiger partial charge in [0.25, 0.3) is 0 Å². The van der Waals surface area contributed by atoms with Gasteiger partial charge in [0.2, 0.25) is 0 Å². The third-order valence-electron chi connectivity index (χ3n) is 4.70. The van der Waals surface area contributed by atoms with Gasteiger partial charge in [0.1, 0.15) is 0 Å². The molecule has 26 heavy (non-hydrogen) atoms. The van der Waals surface area contributed by atoms with Crippen molar-refractivity contribution in [2.75, 3.05) is 13.1 Å². The van der Waals surface area contributed by atoms with E-state index < -0.39 is 11.9 Å². The Kier molecular flexibility index (Phi) is 5.84. The molecule has 0 spiro atoms. The van der Waals surface area contributed by atoms with Crippen molar-refractivity contribution < 1.29 is 14.7 Å². The van der Waals surface area contributed by atoms with E-state index in [4.69, 9.17) is 0 Å². The van der Waals surface area contributed by atoms with Crippen LogP contribution >= 0.6 is 0 Å². The first-order valence-electron chi connectivity index (χ1n) is 8.86. The molecule has 2 amide bonds. The Morgan fingerprint density at radius 1 is 1.19 bits per heavy atom. The Morgan fingerprint density at radius 2 is 1.96 bits per heavy atom. The standard InChI is InChI=1S/C20H23N3O3/c24-19(25)16-9-6-12-23(14-16)20(26)22-18(15-7-2-1-3-8-15)13-17-10-4-5-11-21-17/h1-5,7-8,10-11,16,18H,6,9,12-14H2,(H,22,26)(H,24,25). The smallest absolute Gasteiger partial charge is 0.317 e. The maximum atomic E-state index is 12.7. The normalized spacial score (nSPS) is 18.2. The van der Waals surface area contributed by atoms with Gasteiger partial charge >= 0.3 is 12.0 Å². The number of carboxylic acid groups (broad SMARTS) is 1. The summed E-state index contributed by atoms with van der Waals surface area (Å²) in [6.07, 6.45) is 3.64. The van der Waals surface area contributed by atoms with Gasteiger partial charge in [-0.25, -0.2) is 4.79 Å². The molecule has 0 aliphatic carbocycles. The number of aromatic nitrogens is 1. The lowest BCUT2D eigenvalue weighted by Crippen LogP contribution is -2.48. The number of nitrogens with one attached hydrogen (secondary N) is 1. The molecule has 0 radical (unpaired) electrons. The van der Waals surface area contributed by atoms with Crippen LogP contribution in [0.2, 0.25) is 0 Å². The fourth-order valence-corrected chi connectivity index (χ4v) is 3.27. The third kappa shape index (κ3) is 4.59. The molecule has 2 N–H and O–H groups in total. The van der Waals surface area contributed by atoms with E-state index in [1.807, 2.05) is 48.5 Å². The molecule has 2 heterocycles. The molecule has 2 atom stereocenters. The Bertz CT molecular complexity index is 736. The van der Waals surface area contributed by atoms with Crippen molar-refractivity contribution in [1.82, 2.24) is 15.2 Å². The Morgan fingerprint density at radius 3 is 2.65 bits per heavy atom. The summed E-state index contributed by atoms with van der Waals surface area (Å²) in [5, 5.41) is 12.3. The largest absolute Gasteiger partial charge is 0.481 e. The first kappa shape index (κ1) is 17.9. The number of carboxylic acids is 1. The average molecular weight is 353 g/mol. The quantitative estimate of drug-likeness (QED) is 0.866. The van der Waals surface area contributed by atoms with Crippen molar-refractivity contribution in [1.29, 1.82) is 0 Å². The van der Waals surface area contributed by atoms with E-state index in [2.05, 4.69) is 10.3 Å². The Labute approximate surface area is 152 Å². The molecule has 6 heteroatoms. The highest BCUT2D eigenvalue weighted by Gasteiger charge is 2.29. The van der Waals surface area contributed by atoms with Crippen LogP contribution in [0.1, 0.15) is 30.1 Å². The zero-order valence-corrected chi connectivity index (χ0v) is 14.5. The lowest BCUT2D eigenvalue weighted by molar-refractivity contribution is -0.143. The van der Waals surface area contributed by atoms with Gasteiger partial charge in [-0.15, -0.1) is 0 Å². The minimum atomic E-state index is -0.837. The van der Waals surface area contributed by atoms with Gasteiger partial charge in [0.05, 0.1) is 12.0 Å². The Hall–Kier alpha value is -2.89. The lowest BCUT2D eigenvalue weighted by atomic mass is 9.98. The molecule has 2 aromatic rings. The van der Waals surface area contributed by atoms with E-state index >= 15 is 0 Å². The van der Waals surface area contributed by atoms with E-state index in [1.165, 1.54) is 0 Å². The number of aliphatic carboxylic acids is 1. The summed E-state index contributed by atoms with van der Waals surface area (Å²) >= 11 is 0. The zero-order chi connectivity index (χ0) is 18.4. The molecular weight excluding hydrogens is 330 g/mol. The summed E-state index contributed by atoms with van der Waals surface area (Å²) in [7, 11) is 0. The van der Waals surface area contributed by atoms with Crippen molar-refractivity contribution in [3.8, 4) is 0 Å². The molecule has 1 aromatic heterocycles. The van der Waals surface area contributed by atoms with Crippen LogP contribution in [0, 0.1) is 5.92 Å². The van der Waals surface area contributed by atoms with Crippen LogP contribution in [0.3, 0.4) is 0 Å². The van der Waals surface area contributed by atoms with Gasteiger partial charge in [-0.2, -0.15) is 0 Å². The second-order valence-electron chi connectivity index (χ2n) is 6.56.